The number of allylic oxidation sites excluding steroid dienone is 4. The molecule has 1 aliphatic heterocycles. The lowest BCUT2D eigenvalue weighted by Gasteiger charge is -2.40. The minimum Gasteiger partial charge on any atom is -0.462 e. The Morgan fingerprint density at radius 1 is 0.493 bits per heavy atom. The summed E-state index contributed by atoms with van der Waals surface area (Å²) in [6.45, 7) is 3.79. The maximum atomic E-state index is 12.9. The van der Waals surface area contributed by atoms with Gasteiger partial charge in [-0.2, -0.15) is 8.42 Å². The van der Waals surface area contributed by atoms with Crippen LogP contribution in [0.3, 0.4) is 0 Å². The molecule has 1 fully saturated rings. The van der Waals surface area contributed by atoms with Gasteiger partial charge in [0.25, 0.3) is 10.1 Å². The van der Waals surface area contributed by atoms with Crippen molar-refractivity contribution in [2.45, 2.75) is 301 Å². The van der Waals surface area contributed by atoms with E-state index in [4.69, 9.17) is 18.9 Å². The topological polar surface area (TPSA) is 186 Å². The Labute approximate surface area is 421 Å². The fourth-order valence-corrected chi connectivity index (χ4v) is 9.58. The third-order valence-corrected chi connectivity index (χ3v) is 14.0. The molecular formula is C56H104O12S. The van der Waals surface area contributed by atoms with E-state index in [0.29, 0.717) is 12.8 Å². The van der Waals surface area contributed by atoms with E-state index in [-0.39, 0.29) is 19.4 Å². The van der Waals surface area contributed by atoms with Crippen LogP contribution in [0.4, 0.5) is 0 Å². The van der Waals surface area contributed by atoms with Crippen molar-refractivity contribution in [2.24, 2.45) is 0 Å². The molecule has 69 heavy (non-hydrogen) atoms. The molecule has 4 N–H and O–H groups in total. The Bertz CT molecular complexity index is 1360. The Balaban J connectivity index is 2.30. The number of esters is 2. The van der Waals surface area contributed by atoms with Crippen LogP contribution in [0.1, 0.15) is 264 Å². The summed E-state index contributed by atoms with van der Waals surface area (Å²) in [5, 5.41) is 31.0. The molecule has 0 aromatic carbocycles. The van der Waals surface area contributed by atoms with Crippen LogP contribution in [0.5, 0.6) is 0 Å². The highest BCUT2D eigenvalue weighted by Crippen LogP contribution is 2.24. The van der Waals surface area contributed by atoms with E-state index < -0.39 is 71.2 Å². The molecule has 1 aliphatic rings. The summed E-state index contributed by atoms with van der Waals surface area (Å²) >= 11 is 0. The first-order valence-corrected chi connectivity index (χ1v) is 30.0. The zero-order valence-corrected chi connectivity index (χ0v) is 44.8. The zero-order chi connectivity index (χ0) is 50.5. The van der Waals surface area contributed by atoms with Gasteiger partial charge < -0.3 is 34.3 Å². The lowest BCUT2D eigenvalue weighted by atomic mass is 10.00. The lowest BCUT2D eigenvalue weighted by molar-refractivity contribution is -0.297. The smallest absolute Gasteiger partial charge is 0.306 e. The molecule has 0 saturated carbocycles. The Morgan fingerprint density at radius 2 is 0.870 bits per heavy atom. The molecule has 1 saturated heterocycles. The second-order valence-electron chi connectivity index (χ2n) is 20.0. The third kappa shape index (κ3) is 40.3. The second kappa shape index (κ2) is 46.0. The molecule has 13 heteroatoms. The van der Waals surface area contributed by atoms with E-state index in [1.165, 1.54) is 167 Å². The highest BCUT2D eigenvalue weighted by atomic mass is 32.2. The molecular weight excluding hydrogens is 897 g/mol. The van der Waals surface area contributed by atoms with Crippen molar-refractivity contribution >= 4 is 22.1 Å². The normalized spacial score (nSPS) is 19.2. The van der Waals surface area contributed by atoms with Crippen LogP contribution in [0.2, 0.25) is 0 Å². The SMILES string of the molecule is CCCCCC/C=C\C/C=C\CCCCCCCCCC(=O)OC(COC(=O)CCCCCCCCCCCCCCCCCCCCCCCCC)COC1OC(CS(=O)(=O)O)C(O)C(O)C1O. The molecule has 0 aromatic heterocycles. The number of carbonyl (C=O) groups is 2. The number of hydrogen-bond donors (Lipinski definition) is 4. The molecule has 0 aliphatic carbocycles. The molecule has 12 nitrogen and oxygen atoms in total. The van der Waals surface area contributed by atoms with Gasteiger partial charge in [-0.25, -0.2) is 0 Å². The van der Waals surface area contributed by atoms with Gasteiger partial charge in [-0.3, -0.25) is 14.1 Å². The van der Waals surface area contributed by atoms with Gasteiger partial charge in [0.1, 0.15) is 36.8 Å². The van der Waals surface area contributed by atoms with Gasteiger partial charge in [-0.05, 0) is 44.9 Å². The van der Waals surface area contributed by atoms with Gasteiger partial charge >= 0.3 is 11.9 Å². The largest absolute Gasteiger partial charge is 0.462 e. The van der Waals surface area contributed by atoms with Crippen LogP contribution in [-0.2, 0) is 38.7 Å². The Morgan fingerprint density at radius 3 is 1.29 bits per heavy atom. The van der Waals surface area contributed by atoms with E-state index >= 15 is 0 Å². The molecule has 0 amide bonds. The highest BCUT2D eigenvalue weighted by Gasteiger charge is 2.46. The van der Waals surface area contributed by atoms with Gasteiger partial charge in [0.05, 0.1) is 6.61 Å². The van der Waals surface area contributed by atoms with E-state index in [9.17, 15) is 37.9 Å². The van der Waals surface area contributed by atoms with Crippen LogP contribution in [-0.4, -0.2) is 96.0 Å². The second-order valence-corrected chi connectivity index (χ2v) is 21.5. The minimum absolute atomic E-state index is 0.159. The Hall–Kier alpha value is -1.87. The highest BCUT2D eigenvalue weighted by molar-refractivity contribution is 7.85. The molecule has 1 rings (SSSR count). The zero-order valence-electron chi connectivity index (χ0n) is 43.9. The van der Waals surface area contributed by atoms with Gasteiger partial charge in [-0.15, -0.1) is 0 Å². The van der Waals surface area contributed by atoms with Crippen molar-refractivity contribution in [2.75, 3.05) is 19.0 Å². The van der Waals surface area contributed by atoms with Crippen LogP contribution < -0.4 is 0 Å². The van der Waals surface area contributed by atoms with Crippen molar-refractivity contribution in [3.05, 3.63) is 24.3 Å². The van der Waals surface area contributed by atoms with Gasteiger partial charge in [-0.1, -0.05) is 231 Å². The fraction of sp³-hybridized carbons (Fsp3) is 0.893. The van der Waals surface area contributed by atoms with Crippen LogP contribution >= 0.6 is 0 Å². The van der Waals surface area contributed by atoms with Gasteiger partial charge in [0.2, 0.25) is 0 Å². The number of hydrogen-bond acceptors (Lipinski definition) is 11. The lowest BCUT2D eigenvalue weighted by Crippen LogP contribution is -2.60. The molecule has 0 spiro atoms. The van der Waals surface area contributed by atoms with E-state index in [1.54, 1.807) is 0 Å². The molecule has 0 radical (unpaired) electrons. The summed E-state index contributed by atoms with van der Waals surface area (Å²) in [5.74, 6) is -1.98. The fourth-order valence-electron chi connectivity index (χ4n) is 8.89. The first-order valence-electron chi connectivity index (χ1n) is 28.4. The summed E-state index contributed by atoms with van der Waals surface area (Å²) in [4.78, 5) is 25.6. The maximum Gasteiger partial charge on any atom is 0.306 e. The molecule has 6 unspecified atom stereocenters. The number of carbonyl (C=O) groups excluding carboxylic acids is 2. The molecule has 0 aromatic rings. The number of aliphatic hydroxyl groups excluding tert-OH is 3. The number of ether oxygens (including phenoxy) is 4. The van der Waals surface area contributed by atoms with E-state index in [2.05, 4.69) is 38.2 Å². The van der Waals surface area contributed by atoms with E-state index in [1.807, 2.05) is 0 Å². The van der Waals surface area contributed by atoms with Crippen LogP contribution in [0.25, 0.3) is 0 Å². The monoisotopic (exact) mass is 1000 g/mol. The summed E-state index contributed by atoms with van der Waals surface area (Å²) in [6.07, 6.45) is 45.1. The molecule has 406 valence electrons. The minimum atomic E-state index is -4.61. The predicted octanol–water partition coefficient (Wildman–Crippen LogP) is 13.5. The van der Waals surface area contributed by atoms with Crippen molar-refractivity contribution in [1.29, 1.82) is 0 Å². The average molecular weight is 1000 g/mol. The standard InChI is InChI=1S/C56H104O12S/c1-3-5-7-9-11-13-15-17-19-21-23-24-25-26-27-29-30-32-34-36-38-40-42-44-51(57)65-46-49(47-66-56-55(61)54(60)53(59)50(68-56)48-69(62,63)64)67-52(58)45-43-41-39-37-35-33-31-28-22-20-18-16-14-12-10-8-6-4-2/h14,16,20,22,49-50,53-56,59-61H,3-13,15,17-19,21,23-48H2,1-2H3,(H,62,63,64)/b16-14-,22-20-. The van der Waals surface area contributed by atoms with Crippen LogP contribution in [0.15, 0.2) is 24.3 Å². The van der Waals surface area contributed by atoms with Gasteiger partial charge in [0, 0.05) is 12.8 Å². The third-order valence-electron chi connectivity index (χ3n) is 13.3. The average Bonchev–Trinajstić information content (AvgIpc) is 3.32. The number of aliphatic hydroxyl groups is 3. The molecule has 1 heterocycles. The molecule has 6 atom stereocenters. The van der Waals surface area contributed by atoms with Crippen molar-refractivity contribution in [3.63, 3.8) is 0 Å². The predicted molar refractivity (Wildman–Crippen MR) is 280 cm³/mol. The van der Waals surface area contributed by atoms with Crippen molar-refractivity contribution in [3.8, 4) is 0 Å². The number of unbranched alkanes of at least 4 members (excludes halogenated alkanes) is 33. The van der Waals surface area contributed by atoms with Crippen molar-refractivity contribution < 1.29 is 56.8 Å². The van der Waals surface area contributed by atoms with E-state index in [0.717, 1.165) is 57.8 Å². The van der Waals surface area contributed by atoms with Crippen molar-refractivity contribution in [1.82, 2.24) is 0 Å². The van der Waals surface area contributed by atoms with Gasteiger partial charge in [0.15, 0.2) is 12.4 Å². The molecule has 0 bridgehead atoms. The van der Waals surface area contributed by atoms with Crippen LogP contribution in [0, 0.1) is 0 Å². The first-order chi connectivity index (χ1) is 33.5. The summed E-state index contributed by atoms with van der Waals surface area (Å²) in [7, 11) is -4.61. The first kappa shape index (κ1) is 65.1. The maximum absolute atomic E-state index is 12.9. The summed E-state index contributed by atoms with van der Waals surface area (Å²) in [5.41, 5.74) is 0. The quantitative estimate of drug-likeness (QED) is 0.0196. The summed E-state index contributed by atoms with van der Waals surface area (Å²) in [6, 6.07) is 0. The Kier molecular flexibility index (Phi) is 43.4. The number of rotatable bonds is 49. The summed E-state index contributed by atoms with van der Waals surface area (Å²) < 4.78 is 54.4.